The lowest BCUT2D eigenvalue weighted by molar-refractivity contribution is -0.127. The van der Waals surface area contributed by atoms with Gasteiger partial charge in [-0.05, 0) is 36.4 Å². The molecular weight excluding hydrogens is 535 g/mol. The third-order valence-electron chi connectivity index (χ3n) is 4.90. The standard InChI is InChI=1S/C21H27F2N5OS.HI/c1-27(2)19(29)13-25-21(24-10-8-16-5-4-12-30-16)26-15-9-11-28(14-15)20-17(22)6-3-7-18(20)23;/h3-7,12,15H,8-11,13-14H2,1-2H3,(H2,24,25,26);1H. The smallest absolute Gasteiger partial charge is 0.243 e. The van der Waals surface area contributed by atoms with Gasteiger partial charge < -0.3 is 20.4 Å². The molecule has 0 bridgehead atoms. The predicted molar refractivity (Wildman–Crippen MR) is 133 cm³/mol. The zero-order valence-corrected chi connectivity index (χ0v) is 20.8. The van der Waals surface area contributed by atoms with E-state index in [1.165, 1.54) is 28.0 Å². The Labute approximate surface area is 202 Å². The van der Waals surface area contributed by atoms with Gasteiger partial charge in [-0.3, -0.25) is 4.79 Å². The van der Waals surface area contributed by atoms with Crippen LogP contribution in [0.1, 0.15) is 11.3 Å². The summed E-state index contributed by atoms with van der Waals surface area (Å²) in [6, 6.07) is 7.95. The molecule has 170 valence electrons. The molecular formula is C21H28F2IN5OS. The first-order valence-corrected chi connectivity index (χ1v) is 10.8. The van der Waals surface area contributed by atoms with Crippen LogP contribution < -0.4 is 15.5 Å². The number of amides is 1. The number of thiophene rings is 1. The fraction of sp³-hybridized carbons (Fsp3) is 0.429. The van der Waals surface area contributed by atoms with Crippen molar-refractivity contribution in [2.24, 2.45) is 4.99 Å². The van der Waals surface area contributed by atoms with Gasteiger partial charge >= 0.3 is 0 Å². The number of nitrogens with one attached hydrogen (secondary N) is 2. The summed E-state index contributed by atoms with van der Waals surface area (Å²) in [7, 11) is 3.37. The van der Waals surface area contributed by atoms with Gasteiger partial charge in [-0.1, -0.05) is 12.1 Å². The van der Waals surface area contributed by atoms with Crippen LogP contribution in [0.4, 0.5) is 14.5 Å². The van der Waals surface area contributed by atoms with E-state index in [9.17, 15) is 13.6 Å². The molecule has 1 amide bonds. The van der Waals surface area contributed by atoms with E-state index in [1.807, 2.05) is 11.4 Å². The van der Waals surface area contributed by atoms with E-state index in [4.69, 9.17) is 0 Å². The van der Waals surface area contributed by atoms with E-state index < -0.39 is 11.6 Å². The number of anilines is 1. The topological polar surface area (TPSA) is 60.0 Å². The van der Waals surface area contributed by atoms with E-state index in [0.717, 1.165) is 6.42 Å². The number of rotatable bonds is 7. The fourth-order valence-corrected chi connectivity index (χ4v) is 3.97. The number of hydrogen-bond acceptors (Lipinski definition) is 4. The summed E-state index contributed by atoms with van der Waals surface area (Å²) in [4.78, 5) is 20.8. The number of likely N-dealkylation sites (N-methyl/N-ethyl adjacent to an activating group) is 1. The molecule has 0 radical (unpaired) electrons. The van der Waals surface area contributed by atoms with Gasteiger partial charge in [0.25, 0.3) is 0 Å². The molecule has 1 fully saturated rings. The van der Waals surface area contributed by atoms with Crippen molar-refractivity contribution in [1.29, 1.82) is 0 Å². The lowest BCUT2D eigenvalue weighted by atomic mass is 10.2. The highest BCUT2D eigenvalue weighted by Gasteiger charge is 2.27. The molecule has 1 aromatic heterocycles. The Morgan fingerprint density at radius 3 is 2.65 bits per heavy atom. The van der Waals surface area contributed by atoms with Crippen LogP contribution in [0.3, 0.4) is 0 Å². The van der Waals surface area contributed by atoms with Gasteiger partial charge in [-0.25, -0.2) is 13.8 Å². The molecule has 1 saturated heterocycles. The molecule has 6 nitrogen and oxygen atoms in total. The number of aliphatic imine (C=N–C) groups is 1. The first kappa shape index (κ1) is 25.3. The molecule has 3 rings (SSSR count). The highest BCUT2D eigenvalue weighted by molar-refractivity contribution is 14.0. The van der Waals surface area contributed by atoms with E-state index >= 15 is 0 Å². The quantitative estimate of drug-likeness (QED) is 0.309. The molecule has 31 heavy (non-hydrogen) atoms. The van der Waals surface area contributed by atoms with Gasteiger partial charge in [0.2, 0.25) is 5.91 Å². The number of halogens is 3. The Kier molecular flexibility index (Phi) is 9.94. The second kappa shape index (κ2) is 12.2. The minimum Gasteiger partial charge on any atom is -0.365 e. The van der Waals surface area contributed by atoms with Crippen LogP contribution in [0, 0.1) is 11.6 Å². The Balaban J connectivity index is 0.00000341. The van der Waals surface area contributed by atoms with Gasteiger partial charge in [0.1, 0.15) is 23.9 Å². The molecule has 2 N–H and O–H groups in total. The van der Waals surface area contributed by atoms with E-state index in [-0.39, 0.29) is 48.2 Å². The van der Waals surface area contributed by atoms with Crippen molar-refractivity contribution in [3.8, 4) is 0 Å². The Morgan fingerprint density at radius 1 is 1.26 bits per heavy atom. The number of hydrogen-bond donors (Lipinski definition) is 2. The van der Waals surface area contributed by atoms with E-state index in [1.54, 1.807) is 30.3 Å². The first-order valence-electron chi connectivity index (χ1n) is 9.90. The number of benzene rings is 1. The van der Waals surface area contributed by atoms with Gasteiger partial charge in [0.15, 0.2) is 5.96 Å². The van der Waals surface area contributed by atoms with Crippen molar-refractivity contribution in [2.75, 3.05) is 45.2 Å². The maximum atomic E-state index is 14.1. The molecule has 1 aliphatic heterocycles. The van der Waals surface area contributed by atoms with Gasteiger partial charge in [-0.15, -0.1) is 35.3 Å². The number of carbonyl (C=O) groups is 1. The molecule has 1 unspecified atom stereocenters. The highest BCUT2D eigenvalue weighted by atomic mass is 127. The molecule has 0 saturated carbocycles. The summed E-state index contributed by atoms with van der Waals surface area (Å²) < 4.78 is 28.2. The van der Waals surface area contributed by atoms with Crippen molar-refractivity contribution in [1.82, 2.24) is 15.5 Å². The normalized spacial score (nSPS) is 16.1. The number of nitrogens with zero attached hydrogens (tertiary/aromatic N) is 3. The second-order valence-electron chi connectivity index (χ2n) is 7.36. The Morgan fingerprint density at radius 2 is 2.00 bits per heavy atom. The maximum Gasteiger partial charge on any atom is 0.243 e. The molecule has 1 aromatic carbocycles. The van der Waals surface area contributed by atoms with Crippen molar-refractivity contribution >= 4 is 52.9 Å². The molecule has 0 spiro atoms. The summed E-state index contributed by atoms with van der Waals surface area (Å²) in [5, 5.41) is 8.61. The summed E-state index contributed by atoms with van der Waals surface area (Å²) in [6.07, 6.45) is 1.55. The Hall–Kier alpha value is -1.95. The largest absolute Gasteiger partial charge is 0.365 e. The lowest BCUT2D eigenvalue weighted by Crippen LogP contribution is -2.45. The minimum atomic E-state index is -0.560. The van der Waals surface area contributed by atoms with E-state index in [0.29, 0.717) is 32.0 Å². The first-order chi connectivity index (χ1) is 14.4. The Bertz CT molecular complexity index is 858. The summed E-state index contributed by atoms with van der Waals surface area (Å²) in [6.45, 7) is 1.68. The minimum absolute atomic E-state index is 0. The maximum absolute atomic E-state index is 14.1. The number of para-hydroxylation sites is 1. The van der Waals surface area contributed by atoms with Crippen LogP contribution in [-0.4, -0.2) is 63.1 Å². The molecule has 1 atom stereocenters. The summed E-state index contributed by atoms with van der Waals surface area (Å²) in [5.41, 5.74) is 0.00808. The highest BCUT2D eigenvalue weighted by Crippen LogP contribution is 2.26. The SMILES string of the molecule is CN(C)C(=O)CN=C(NCCc1cccs1)NC1CCN(c2c(F)cccc2F)C1.I. The van der Waals surface area contributed by atoms with Gasteiger partial charge in [0, 0.05) is 44.6 Å². The predicted octanol–water partition coefficient (Wildman–Crippen LogP) is 3.09. The van der Waals surface area contributed by atoms with Crippen LogP contribution in [0.15, 0.2) is 40.7 Å². The molecule has 2 aromatic rings. The number of carbonyl (C=O) groups excluding carboxylic acids is 1. The molecule has 1 aliphatic rings. The third-order valence-corrected chi connectivity index (χ3v) is 5.83. The monoisotopic (exact) mass is 563 g/mol. The summed E-state index contributed by atoms with van der Waals surface area (Å²) in [5.74, 6) is -0.691. The average Bonchev–Trinajstić information content (AvgIpc) is 3.38. The van der Waals surface area contributed by atoms with Crippen molar-refractivity contribution in [3.63, 3.8) is 0 Å². The fourth-order valence-electron chi connectivity index (χ4n) is 3.27. The van der Waals surface area contributed by atoms with Crippen LogP contribution in [0.2, 0.25) is 0 Å². The third kappa shape index (κ3) is 7.30. The lowest BCUT2D eigenvalue weighted by Gasteiger charge is -2.21. The average molecular weight is 563 g/mol. The molecule has 0 aliphatic carbocycles. The zero-order chi connectivity index (χ0) is 21.5. The zero-order valence-electron chi connectivity index (χ0n) is 17.6. The van der Waals surface area contributed by atoms with Crippen LogP contribution in [-0.2, 0) is 11.2 Å². The summed E-state index contributed by atoms with van der Waals surface area (Å²) >= 11 is 1.69. The number of guanidine groups is 1. The second-order valence-corrected chi connectivity index (χ2v) is 8.39. The molecule has 10 heteroatoms. The molecule has 2 heterocycles. The van der Waals surface area contributed by atoms with Crippen molar-refractivity contribution in [3.05, 3.63) is 52.2 Å². The van der Waals surface area contributed by atoms with Gasteiger partial charge in [0.05, 0.1) is 0 Å². The van der Waals surface area contributed by atoms with Crippen molar-refractivity contribution < 1.29 is 13.6 Å². The van der Waals surface area contributed by atoms with Gasteiger partial charge in [-0.2, -0.15) is 0 Å². The van der Waals surface area contributed by atoms with Crippen LogP contribution >= 0.6 is 35.3 Å². The van der Waals surface area contributed by atoms with Crippen LogP contribution in [0.5, 0.6) is 0 Å². The van der Waals surface area contributed by atoms with E-state index in [2.05, 4.69) is 21.7 Å². The van der Waals surface area contributed by atoms with Crippen LogP contribution in [0.25, 0.3) is 0 Å². The van der Waals surface area contributed by atoms with Crippen molar-refractivity contribution in [2.45, 2.75) is 18.9 Å².